The summed E-state index contributed by atoms with van der Waals surface area (Å²) in [4.78, 5) is 25.6. The highest BCUT2D eigenvalue weighted by molar-refractivity contribution is 7.45. The van der Waals surface area contributed by atoms with Crippen molar-refractivity contribution < 1.29 is 32.9 Å². The molecule has 86 heavy (non-hydrogen) atoms. The van der Waals surface area contributed by atoms with Crippen LogP contribution in [-0.2, 0) is 18.4 Å². The van der Waals surface area contributed by atoms with Crippen molar-refractivity contribution >= 4 is 13.7 Å². The van der Waals surface area contributed by atoms with Gasteiger partial charge in [0, 0.05) is 6.42 Å². The number of aliphatic hydroxyl groups excluding tert-OH is 1. The van der Waals surface area contributed by atoms with Crippen LogP contribution in [-0.4, -0.2) is 68.5 Å². The Bertz CT molecular complexity index is 1910. The van der Waals surface area contributed by atoms with Crippen LogP contribution in [0.3, 0.4) is 0 Å². The maximum absolute atomic E-state index is 13.0. The van der Waals surface area contributed by atoms with Crippen molar-refractivity contribution in [2.24, 2.45) is 0 Å². The molecular weight excluding hydrogens is 1080 g/mol. The van der Waals surface area contributed by atoms with Crippen LogP contribution >= 0.6 is 7.82 Å². The van der Waals surface area contributed by atoms with Gasteiger partial charge in [0.15, 0.2) is 0 Å². The molecule has 0 heterocycles. The minimum atomic E-state index is -4.62. The highest BCUT2D eigenvalue weighted by Gasteiger charge is 2.23. The average Bonchev–Trinajstić information content (AvgIpc) is 3.70. The van der Waals surface area contributed by atoms with Gasteiger partial charge in [-0.05, 0) is 109 Å². The number of phosphoric ester groups is 1. The van der Waals surface area contributed by atoms with Crippen LogP contribution in [0.15, 0.2) is 146 Å². The van der Waals surface area contributed by atoms with Crippen LogP contribution in [0.5, 0.6) is 0 Å². The van der Waals surface area contributed by atoms with E-state index < -0.39 is 26.6 Å². The van der Waals surface area contributed by atoms with E-state index in [0.717, 1.165) is 116 Å². The van der Waals surface area contributed by atoms with Crippen molar-refractivity contribution in [3.8, 4) is 0 Å². The number of aliphatic hydroxyl groups is 1. The quantitative estimate of drug-likeness (QED) is 0.0272. The Morgan fingerprint density at radius 2 is 0.721 bits per heavy atom. The summed E-state index contributed by atoms with van der Waals surface area (Å²) in [5.41, 5.74) is 0. The Kier molecular flexibility index (Phi) is 63.0. The maximum Gasteiger partial charge on any atom is 0.268 e. The van der Waals surface area contributed by atoms with Crippen molar-refractivity contribution in [2.45, 2.75) is 296 Å². The Hall–Kier alpha value is -3.62. The second kappa shape index (κ2) is 65.8. The maximum atomic E-state index is 13.0. The second-order valence-corrected chi connectivity index (χ2v) is 25.9. The number of nitrogens with zero attached hydrogens (tertiary/aromatic N) is 1. The highest BCUT2D eigenvalue weighted by atomic mass is 31.2. The lowest BCUT2D eigenvalue weighted by atomic mass is 10.0. The summed E-state index contributed by atoms with van der Waals surface area (Å²) < 4.78 is 23.4. The van der Waals surface area contributed by atoms with Gasteiger partial charge in [0.2, 0.25) is 5.91 Å². The Morgan fingerprint density at radius 1 is 0.419 bits per heavy atom. The van der Waals surface area contributed by atoms with E-state index in [9.17, 15) is 19.4 Å². The molecule has 0 spiro atoms. The summed E-state index contributed by atoms with van der Waals surface area (Å²) in [5, 5.41) is 13.9. The highest BCUT2D eigenvalue weighted by Crippen LogP contribution is 2.38. The normalized spacial score (nSPS) is 14.5. The second-order valence-electron chi connectivity index (χ2n) is 24.5. The molecule has 0 aromatic rings. The number of phosphoric acid groups is 1. The van der Waals surface area contributed by atoms with Gasteiger partial charge in [-0.1, -0.05) is 314 Å². The molecule has 2 N–H and O–H groups in total. The first-order valence-corrected chi connectivity index (χ1v) is 36.7. The molecule has 8 nitrogen and oxygen atoms in total. The first-order valence-electron chi connectivity index (χ1n) is 35.2. The molecule has 0 aliphatic heterocycles. The van der Waals surface area contributed by atoms with E-state index in [2.05, 4.69) is 153 Å². The summed E-state index contributed by atoms with van der Waals surface area (Å²) in [6, 6.07) is -0.920. The summed E-state index contributed by atoms with van der Waals surface area (Å²) in [6.45, 7) is 4.52. The Labute approximate surface area is 531 Å². The molecule has 0 bridgehead atoms. The standard InChI is InChI=1S/C77H133N2O6P/c1-6-8-10-12-14-16-18-20-22-24-26-28-30-32-33-34-35-36-37-38-39-40-41-42-43-44-45-47-49-51-53-55-57-59-61-63-65-67-69-71-77(81)78-75(74-85-86(82,83)84-73-72-79(3,4)5)76(80)70-68-66-64-62-60-58-56-54-52-50-48-46-31-29-27-25-23-21-19-17-15-13-11-9-7-2/h8,10,14,16,20,22,26,28,32-33,35-36,38-39,41-42,44-45,49,51,60,62,68,70,75-76,80H,6-7,9,11-13,15,17-19,21,23-25,27,29-31,34,37,40,43,46-48,50,52-59,61,63-67,69,71-74H2,1-5H3,(H-,78,81,82,83)/b10-8-,16-14-,22-20-,28-26-,33-32-,36-35-,39-38-,42-41-,45-44-,51-49-,62-60+,70-68+. The van der Waals surface area contributed by atoms with Crippen molar-refractivity contribution in [3.05, 3.63) is 146 Å². The molecule has 1 amide bonds. The number of nitrogens with one attached hydrogen (secondary N) is 1. The summed E-state index contributed by atoms with van der Waals surface area (Å²) in [6.07, 6.45) is 101. The number of unbranched alkanes of at least 4 members (excludes halogenated alkanes) is 28. The van der Waals surface area contributed by atoms with Crippen LogP contribution in [0.25, 0.3) is 0 Å². The van der Waals surface area contributed by atoms with E-state index in [4.69, 9.17) is 9.05 Å². The summed E-state index contributed by atoms with van der Waals surface area (Å²) >= 11 is 0. The predicted molar refractivity (Wildman–Crippen MR) is 375 cm³/mol. The van der Waals surface area contributed by atoms with E-state index in [0.29, 0.717) is 17.4 Å². The number of hydrogen-bond acceptors (Lipinski definition) is 6. The van der Waals surface area contributed by atoms with E-state index in [1.807, 2.05) is 27.2 Å². The molecule has 0 saturated carbocycles. The predicted octanol–water partition coefficient (Wildman–Crippen LogP) is 22.1. The lowest BCUT2D eigenvalue weighted by Crippen LogP contribution is -2.45. The smallest absolute Gasteiger partial charge is 0.268 e. The number of carbonyl (C=O) groups excluding carboxylic acids is 1. The SMILES string of the molecule is CC/C=C\C/C=C\C/C=C\C/C=C\C/C=C\C/C=C\C/C=C\C/C=C\C/C=C\C/C=C\CCCCCCCCCCC(=O)NC(COP(=O)([O-])OCC[N+](C)(C)C)C(O)/C=C/CC/C=C/CCCCCCCCCCCCCCCCCCCCC. The third kappa shape index (κ3) is 67.9. The molecule has 3 unspecified atom stereocenters. The number of quaternary nitrogens is 1. The number of allylic oxidation sites excluding steroid dienone is 23. The van der Waals surface area contributed by atoms with Gasteiger partial charge < -0.3 is 28.8 Å². The Balaban J connectivity index is 4.18. The third-order valence-corrected chi connectivity index (χ3v) is 16.0. The monoisotopic (exact) mass is 1210 g/mol. The number of rotatable bonds is 63. The molecule has 0 radical (unpaired) electrons. The molecule has 0 aromatic heterocycles. The van der Waals surface area contributed by atoms with Crippen LogP contribution in [0, 0.1) is 0 Å². The summed E-state index contributed by atoms with van der Waals surface area (Å²) in [5.74, 6) is -0.219. The van der Waals surface area contributed by atoms with Gasteiger partial charge in [-0.2, -0.15) is 0 Å². The van der Waals surface area contributed by atoms with E-state index >= 15 is 0 Å². The van der Waals surface area contributed by atoms with Crippen molar-refractivity contribution in [1.29, 1.82) is 0 Å². The van der Waals surface area contributed by atoms with E-state index in [1.54, 1.807) is 6.08 Å². The van der Waals surface area contributed by atoms with Gasteiger partial charge in [0.25, 0.3) is 7.82 Å². The Morgan fingerprint density at radius 3 is 1.08 bits per heavy atom. The zero-order chi connectivity index (χ0) is 62.6. The number of amides is 1. The number of hydrogen-bond donors (Lipinski definition) is 2. The molecule has 0 aliphatic rings. The van der Waals surface area contributed by atoms with Crippen molar-refractivity contribution in [2.75, 3.05) is 40.9 Å². The lowest BCUT2D eigenvalue weighted by molar-refractivity contribution is -0.870. The fourth-order valence-corrected chi connectivity index (χ4v) is 10.3. The fraction of sp³-hybridized carbons (Fsp3) is 0.675. The van der Waals surface area contributed by atoms with Gasteiger partial charge in [0.05, 0.1) is 39.9 Å². The van der Waals surface area contributed by atoms with E-state index in [-0.39, 0.29) is 12.5 Å². The van der Waals surface area contributed by atoms with Gasteiger partial charge in [-0.3, -0.25) is 9.36 Å². The molecule has 0 saturated heterocycles. The molecule has 3 atom stereocenters. The van der Waals surface area contributed by atoms with Gasteiger partial charge in [0.1, 0.15) is 13.2 Å². The molecule has 0 aromatic carbocycles. The van der Waals surface area contributed by atoms with Crippen LogP contribution < -0.4 is 10.2 Å². The molecule has 0 aliphatic carbocycles. The van der Waals surface area contributed by atoms with Crippen LogP contribution in [0.2, 0.25) is 0 Å². The largest absolute Gasteiger partial charge is 0.756 e. The molecule has 492 valence electrons. The number of carbonyl (C=O) groups is 1. The molecule has 0 fully saturated rings. The van der Waals surface area contributed by atoms with Crippen molar-refractivity contribution in [3.63, 3.8) is 0 Å². The van der Waals surface area contributed by atoms with Crippen molar-refractivity contribution in [1.82, 2.24) is 5.32 Å². The third-order valence-electron chi connectivity index (χ3n) is 15.0. The average molecular weight is 1210 g/mol. The molecular formula is C77H133N2O6P. The van der Waals surface area contributed by atoms with Gasteiger partial charge >= 0.3 is 0 Å². The van der Waals surface area contributed by atoms with E-state index in [1.165, 1.54) is 148 Å². The van der Waals surface area contributed by atoms with Gasteiger partial charge in [-0.15, -0.1) is 0 Å². The minimum absolute atomic E-state index is 0.0149. The zero-order valence-corrected chi connectivity index (χ0v) is 57.1. The minimum Gasteiger partial charge on any atom is -0.756 e. The fourth-order valence-electron chi connectivity index (χ4n) is 9.61. The molecule has 0 rings (SSSR count). The topological polar surface area (TPSA) is 108 Å². The zero-order valence-electron chi connectivity index (χ0n) is 56.2. The first kappa shape index (κ1) is 82.4. The lowest BCUT2D eigenvalue weighted by Gasteiger charge is -2.29. The van der Waals surface area contributed by atoms with Crippen LogP contribution in [0.4, 0.5) is 0 Å². The first-order chi connectivity index (χ1) is 42.0. The summed E-state index contributed by atoms with van der Waals surface area (Å²) in [7, 11) is 1.22. The van der Waals surface area contributed by atoms with Crippen LogP contribution in [0.1, 0.15) is 284 Å². The van der Waals surface area contributed by atoms with Gasteiger partial charge in [-0.25, -0.2) is 0 Å². The number of likely N-dealkylation sites (N-methyl/N-ethyl adjacent to an activating group) is 1. The molecule has 9 heteroatoms.